The molecule has 0 fully saturated rings. The van der Waals surface area contributed by atoms with Gasteiger partial charge in [0.15, 0.2) is 5.78 Å². The molecule has 1 rings (SSSR count). The molecule has 2 nitrogen and oxygen atoms in total. The maximum absolute atomic E-state index is 12.3. The van der Waals surface area contributed by atoms with Crippen LogP contribution in [0.25, 0.3) is 0 Å². The number of benzene rings is 1. The van der Waals surface area contributed by atoms with Crippen molar-refractivity contribution >= 4 is 40.8 Å². The van der Waals surface area contributed by atoms with E-state index in [1.165, 1.54) is 6.07 Å². The van der Waals surface area contributed by atoms with Crippen LogP contribution in [0.1, 0.15) is 15.9 Å². The Hall–Kier alpha value is -0.340. The van der Waals surface area contributed by atoms with Gasteiger partial charge in [-0.05, 0) is 34.7 Å². The first kappa shape index (κ1) is 15.7. The van der Waals surface area contributed by atoms with Crippen LogP contribution in [0.3, 0.4) is 0 Å². The van der Waals surface area contributed by atoms with E-state index in [4.69, 9.17) is 5.73 Å². The van der Waals surface area contributed by atoms with Gasteiger partial charge in [0, 0.05) is 9.13 Å². The summed E-state index contributed by atoms with van der Waals surface area (Å²) in [6.45, 7) is -0.207. The molecule has 0 atom stereocenters. The third kappa shape index (κ3) is 3.60. The second-order valence-electron chi connectivity index (χ2n) is 2.82. The lowest BCUT2D eigenvalue weighted by atomic mass is 10.1. The Morgan fingerprint density at radius 3 is 2.31 bits per heavy atom. The quantitative estimate of drug-likeness (QED) is 0.647. The smallest absolute Gasteiger partial charge is 0.324 e. The van der Waals surface area contributed by atoms with Crippen molar-refractivity contribution in [2.45, 2.75) is 6.18 Å². The van der Waals surface area contributed by atoms with E-state index in [9.17, 15) is 18.0 Å². The largest absolute Gasteiger partial charge is 0.417 e. The van der Waals surface area contributed by atoms with Gasteiger partial charge in [0.05, 0.1) is 12.1 Å². The fourth-order valence-electron chi connectivity index (χ4n) is 1.04. The molecule has 16 heavy (non-hydrogen) atoms. The summed E-state index contributed by atoms with van der Waals surface area (Å²) < 4.78 is 37.0. The van der Waals surface area contributed by atoms with Gasteiger partial charge in [0.1, 0.15) is 0 Å². The fourth-order valence-corrected chi connectivity index (χ4v) is 1.86. The summed E-state index contributed by atoms with van der Waals surface area (Å²) in [6, 6.07) is 3.23. The summed E-state index contributed by atoms with van der Waals surface area (Å²) in [5.41, 5.74) is 4.57. The fraction of sp³-hybridized carbons (Fsp3) is 0.222. The van der Waals surface area contributed by atoms with Gasteiger partial charge in [-0.1, -0.05) is 6.07 Å². The summed E-state index contributed by atoms with van der Waals surface area (Å²) >= 11 is 1.55. The molecule has 2 N–H and O–H groups in total. The molecule has 0 bridgehead atoms. The van der Waals surface area contributed by atoms with Crippen molar-refractivity contribution in [1.82, 2.24) is 0 Å². The molecule has 0 aromatic heterocycles. The lowest BCUT2D eigenvalue weighted by Crippen LogP contribution is -2.15. The minimum Gasteiger partial charge on any atom is -0.324 e. The van der Waals surface area contributed by atoms with Crippen LogP contribution in [0.15, 0.2) is 18.2 Å². The molecule has 7 heteroatoms. The average molecular weight is 366 g/mol. The first-order valence-corrected chi connectivity index (χ1v) is 5.04. The zero-order chi connectivity index (χ0) is 11.6. The van der Waals surface area contributed by atoms with Gasteiger partial charge >= 0.3 is 6.18 Å². The number of ketones is 1. The van der Waals surface area contributed by atoms with Crippen molar-refractivity contribution in [1.29, 1.82) is 0 Å². The van der Waals surface area contributed by atoms with Crippen LogP contribution < -0.4 is 5.73 Å². The Labute approximate surface area is 110 Å². The van der Waals surface area contributed by atoms with Gasteiger partial charge in [-0.3, -0.25) is 4.79 Å². The van der Waals surface area contributed by atoms with Crippen LogP contribution in [0, 0.1) is 3.57 Å². The summed E-state index contributed by atoms with van der Waals surface area (Å²) in [7, 11) is 0. The molecule has 0 aliphatic heterocycles. The maximum atomic E-state index is 12.3. The number of carbonyl (C=O) groups excluding carboxylic acids is 1. The average Bonchev–Trinajstić information content (AvgIpc) is 2.14. The number of halogens is 5. The van der Waals surface area contributed by atoms with Gasteiger partial charge in [-0.15, -0.1) is 12.4 Å². The number of nitrogens with two attached hydrogens (primary N) is 1. The monoisotopic (exact) mass is 365 g/mol. The van der Waals surface area contributed by atoms with Gasteiger partial charge in [0.2, 0.25) is 0 Å². The molecule has 0 saturated heterocycles. The van der Waals surface area contributed by atoms with Crippen LogP contribution in [0.4, 0.5) is 13.2 Å². The van der Waals surface area contributed by atoms with E-state index in [2.05, 4.69) is 0 Å². The van der Waals surface area contributed by atoms with Crippen LogP contribution in [0.5, 0.6) is 0 Å². The van der Waals surface area contributed by atoms with Crippen LogP contribution in [0.2, 0.25) is 0 Å². The number of rotatable bonds is 2. The van der Waals surface area contributed by atoms with Gasteiger partial charge in [0.25, 0.3) is 0 Å². The van der Waals surface area contributed by atoms with E-state index in [1.807, 2.05) is 0 Å². The highest BCUT2D eigenvalue weighted by Gasteiger charge is 2.32. The summed E-state index contributed by atoms with van der Waals surface area (Å²) in [5.74, 6) is -0.373. The minimum atomic E-state index is -4.39. The standard InChI is InChI=1S/C9H7F3INO.ClH/c10-9(11,12)6-2-1-5(3-7(6)13)8(15)4-14;/h1-3H,4,14H2;1H. The highest BCUT2D eigenvalue weighted by molar-refractivity contribution is 14.1. The van der Waals surface area contributed by atoms with Gasteiger partial charge < -0.3 is 5.73 Å². The highest BCUT2D eigenvalue weighted by atomic mass is 127. The van der Waals surface area contributed by atoms with Crippen molar-refractivity contribution in [3.05, 3.63) is 32.9 Å². The minimum absolute atomic E-state index is 0. The van der Waals surface area contributed by atoms with E-state index >= 15 is 0 Å². The van der Waals surface area contributed by atoms with Crippen molar-refractivity contribution in [3.8, 4) is 0 Å². The van der Waals surface area contributed by atoms with Crippen LogP contribution in [-0.4, -0.2) is 12.3 Å². The Morgan fingerprint density at radius 1 is 1.38 bits per heavy atom. The zero-order valence-electron chi connectivity index (χ0n) is 7.84. The van der Waals surface area contributed by atoms with E-state index < -0.39 is 11.7 Å². The molecule has 90 valence electrons. The van der Waals surface area contributed by atoms with Crippen molar-refractivity contribution < 1.29 is 18.0 Å². The lowest BCUT2D eigenvalue weighted by Gasteiger charge is -2.09. The second-order valence-corrected chi connectivity index (χ2v) is 3.98. The van der Waals surface area contributed by atoms with Gasteiger partial charge in [-0.2, -0.15) is 13.2 Å². The van der Waals surface area contributed by atoms with Crippen LogP contribution in [-0.2, 0) is 6.18 Å². The molecule has 0 heterocycles. The normalized spacial score (nSPS) is 10.8. The number of hydrogen-bond donors (Lipinski definition) is 1. The topological polar surface area (TPSA) is 43.1 Å². The van der Waals surface area contributed by atoms with Crippen molar-refractivity contribution in [2.75, 3.05) is 6.54 Å². The molecule has 1 aromatic rings. The van der Waals surface area contributed by atoms with E-state index in [-0.39, 0.29) is 33.9 Å². The first-order valence-electron chi connectivity index (χ1n) is 3.96. The molecular weight excluding hydrogens is 357 g/mol. The highest BCUT2D eigenvalue weighted by Crippen LogP contribution is 2.33. The molecule has 0 amide bonds. The number of carbonyl (C=O) groups is 1. The third-order valence-electron chi connectivity index (χ3n) is 1.78. The molecule has 0 aliphatic rings. The molecule has 0 radical (unpaired) electrons. The molecule has 1 aromatic carbocycles. The Balaban J connectivity index is 0.00000225. The summed E-state index contributed by atoms with van der Waals surface area (Å²) in [4.78, 5) is 11.1. The number of hydrogen-bond acceptors (Lipinski definition) is 2. The molecular formula is C9H8ClF3INO. The lowest BCUT2D eigenvalue weighted by molar-refractivity contribution is -0.138. The molecule has 0 saturated carbocycles. The summed E-state index contributed by atoms with van der Waals surface area (Å²) in [5, 5.41) is 0. The van der Waals surface area contributed by atoms with Gasteiger partial charge in [-0.25, -0.2) is 0 Å². The Bertz CT molecular complexity index is 395. The molecule has 0 aliphatic carbocycles. The predicted molar refractivity (Wildman–Crippen MR) is 64.8 cm³/mol. The SMILES string of the molecule is Cl.NCC(=O)c1ccc(C(F)(F)F)c(I)c1. The number of alkyl halides is 3. The predicted octanol–water partition coefficient (Wildman–Crippen LogP) is 2.87. The zero-order valence-corrected chi connectivity index (χ0v) is 10.8. The first-order chi connectivity index (χ1) is 6.86. The van der Waals surface area contributed by atoms with E-state index in [1.54, 1.807) is 22.6 Å². The third-order valence-corrected chi connectivity index (χ3v) is 2.67. The van der Waals surface area contributed by atoms with E-state index in [0.717, 1.165) is 12.1 Å². The second kappa shape index (κ2) is 5.83. The number of Topliss-reactive ketones (excluding diaryl/α,β-unsaturated/α-hetero) is 1. The molecule has 0 spiro atoms. The van der Waals surface area contributed by atoms with Crippen molar-refractivity contribution in [3.63, 3.8) is 0 Å². The maximum Gasteiger partial charge on any atom is 0.417 e. The Kier molecular flexibility index (Phi) is 5.71. The van der Waals surface area contributed by atoms with Crippen molar-refractivity contribution in [2.24, 2.45) is 5.73 Å². The summed E-state index contributed by atoms with van der Waals surface area (Å²) in [6.07, 6.45) is -4.39. The Morgan fingerprint density at radius 2 is 1.94 bits per heavy atom. The molecule has 0 unspecified atom stereocenters. The van der Waals surface area contributed by atoms with Crippen LogP contribution >= 0.6 is 35.0 Å². The van der Waals surface area contributed by atoms with E-state index in [0.29, 0.717) is 0 Å².